The molecule has 0 bridgehead atoms. The Kier molecular flexibility index (Phi) is 2.58. The van der Waals surface area contributed by atoms with Gasteiger partial charge < -0.3 is 16.4 Å². The maximum absolute atomic E-state index is 6.06. The number of rotatable bonds is 2. The van der Waals surface area contributed by atoms with Gasteiger partial charge in [0.25, 0.3) is 0 Å². The molecule has 0 aromatic rings. The lowest BCUT2D eigenvalue weighted by molar-refractivity contribution is 0.291. The van der Waals surface area contributed by atoms with E-state index in [4.69, 9.17) is 11.5 Å². The summed E-state index contributed by atoms with van der Waals surface area (Å²) in [5, 5.41) is 0. The monoisotopic (exact) mass is 183 g/mol. The van der Waals surface area contributed by atoms with Crippen LogP contribution in [-0.2, 0) is 0 Å². The van der Waals surface area contributed by atoms with Crippen molar-refractivity contribution in [1.82, 2.24) is 4.90 Å². The van der Waals surface area contributed by atoms with Gasteiger partial charge in [-0.15, -0.1) is 0 Å². The highest BCUT2D eigenvalue weighted by Crippen LogP contribution is 2.36. The second-order valence-electron chi connectivity index (χ2n) is 4.86. The number of nitrogens with two attached hydrogens (primary N) is 2. The topological polar surface area (TPSA) is 55.3 Å². The minimum atomic E-state index is 0.301. The molecular weight excluding hydrogens is 162 g/mol. The Labute approximate surface area is 80.5 Å². The summed E-state index contributed by atoms with van der Waals surface area (Å²) in [6.07, 6.45) is 2.57. The van der Waals surface area contributed by atoms with Gasteiger partial charge in [-0.1, -0.05) is 0 Å². The zero-order valence-electron chi connectivity index (χ0n) is 8.45. The Bertz CT molecular complexity index is 181. The van der Waals surface area contributed by atoms with Gasteiger partial charge in [0.2, 0.25) is 0 Å². The first kappa shape index (κ1) is 9.44. The standard InChI is InChI=1S/C10H21N3/c1-7(11)4-13-5-8-2-3-10(12)9(8)6-13/h7-10H,2-6,11-12H2,1H3. The average molecular weight is 183 g/mol. The molecule has 0 amide bonds. The van der Waals surface area contributed by atoms with Gasteiger partial charge in [0, 0.05) is 31.7 Å². The summed E-state index contributed by atoms with van der Waals surface area (Å²) in [7, 11) is 0. The molecule has 4 unspecified atom stereocenters. The zero-order chi connectivity index (χ0) is 9.42. The fourth-order valence-electron chi connectivity index (χ4n) is 2.96. The van der Waals surface area contributed by atoms with Crippen molar-refractivity contribution in [3.05, 3.63) is 0 Å². The highest BCUT2D eigenvalue weighted by atomic mass is 15.2. The smallest absolute Gasteiger partial charge is 0.0139 e. The van der Waals surface area contributed by atoms with E-state index < -0.39 is 0 Å². The predicted octanol–water partition coefficient (Wildman–Crippen LogP) is 0.00270. The number of hydrogen-bond acceptors (Lipinski definition) is 3. The van der Waals surface area contributed by atoms with Crippen molar-refractivity contribution >= 4 is 0 Å². The van der Waals surface area contributed by atoms with E-state index in [-0.39, 0.29) is 0 Å². The molecular formula is C10H21N3. The molecule has 0 aromatic carbocycles. The van der Waals surface area contributed by atoms with Gasteiger partial charge in [-0.3, -0.25) is 0 Å². The van der Waals surface area contributed by atoms with Crippen molar-refractivity contribution in [2.75, 3.05) is 19.6 Å². The third-order valence-corrected chi connectivity index (χ3v) is 3.53. The summed E-state index contributed by atoms with van der Waals surface area (Å²) in [6.45, 7) is 5.54. The van der Waals surface area contributed by atoms with E-state index in [0.717, 1.165) is 18.4 Å². The van der Waals surface area contributed by atoms with E-state index in [1.807, 2.05) is 0 Å². The molecule has 0 aromatic heterocycles. The Morgan fingerprint density at radius 2 is 2.15 bits per heavy atom. The van der Waals surface area contributed by atoms with Crippen molar-refractivity contribution < 1.29 is 0 Å². The Morgan fingerprint density at radius 3 is 2.77 bits per heavy atom. The first-order chi connectivity index (χ1) is 6.16. The fraction of sp³-hybridized carbons (Fsp3) is 1.00. The molecule has 4 atom stereocenters. The first-order valence-electron chi connectivity index (χ1n) is 5.40. The average Bonchev–Trinajstić information content (AvgIpc) is 2.53. The zero-order valence-corrected chi connectivity index (χ0v) is 8.45. The quantitative estimate of drug-likeness (QED) is 0.634. The molecule has 2 rings (SSSR count). The van der Waals surface area contributed by atoms with Crippen LogP contribution in [0.4, 0.5) is 0 Å². The van der Waals surface area contributed by atoms with Crippen molar-refractivity contribution in [1.29, 1.82) is 0 Å². The van der Waals surface area contributed by atoms with Crippen LogP contribution in [0.15, 0.2) is 0 Å². The molecule has 1 saturated carbocycles. The number of fused-ring (bicyclic) bond motifs is 1. The van der Waals surface area contributed by atoms with Crippen LogP contribution in [0.1, 0.15) is 19.8 Å². The molecule has 3 nitrogen and oxygen atoms in total. The van der Waals surface area contributed by atoms with Crippen molar-refractivity contribution in [3.8, 4) is 0 Å². The lowest BCUT2D eigenvalue weighted by Gasteiger charge is -2.19. The molecule has 1 aliphatic heterocycles. The van der Waals surface area contributed by atoms with Gasteiger partial charge in [-0.25, -0.2) is 0 Å². The van der Waals surface area contributed by atoms with E-state index in [1.54, 1.807) is 0 Å². The largest absolute Gasteiger partial charge is 0.327 e. The summed E-state index contributed by atoms with van der Waals surface area (Å²) in [5.74, 6) is 1.63. The maximum Gasteiger partial charge on any atom is 0.0139 e. The third kappa shape index (κ3) is 1.87. The molecule has 0 radical (unpaired) electrons. The SMILES string of the molecule is CC(N)CN1CC2CCC(N)C2C1. The van der Waals surface area contributed by atoms with Crippen LogP contribution in [-0.4, -0.2) is 36.6 Å². The minimum Gasteiger partial charge on any atom is -0.327 e. The molecule has 0 spiro atoms. The van der Waals surface area contributed by atoms with E-state index in [0.29, 0.717) is 12.1 Å². The lowest BCUT2D eigenvalue weighted by Crippen LogP contribution is -2.36. The molecule has 13 heavy (non-hydrogen) atoms. The van der Waals surface area contributed by atoms with Gasteiger partial charge in [0.1, 0.15) is 0 Å². The van der Waals surface area contributed by atoms with E-state index in [9.17, 15) is 0 Å². The van der Waals surface area contributed by atoms with Crippen LogP contribution < -0.4 is 11.5 Å². The van der Waals surface area contributed by atoms with Gasteiger partial charge in [0.05, 0.1) is 0 Å². The summed E-state index contributed by atoms with van der Waals surface area (Å²) in [4.78, 5) is 2.49. The summed E-state index contributed by atoms with van der Waals surface area (Å²) in [5.41, 5.74) is 11.8. The van der Waals surface area contributed by atoms with Crippen LogP contribution in [0.25, 0.3) is 0 Å². The second-order valence-corrected chi connectivity index (χ2v) is 4.86. The number of hydrogen-bond donors (Lipinski definition) is 2. The van der Waals surface area contributed by atoms with Crippen molar-refractivity contribution in [3.63, 3.8) is 0 Å². The van der Waals surface area contributed by atoms with Crippen molar-refractivity contribution in [2.24, 2.45) is 23.3 Å². The molecule has 3 heteroatoms. The second kappa shape index (κ2) is 3.56. The highest BCUT2D eigenvalue weighted by Gasteiger charge is 2.40. The molecule has 2 fully saturated rings. The van der Waals surface area contributed by atoms with Gasteiger partial charge in [0.15, 0.2) is 0 Å². The van der Waals surface area contributed by atoms with Crippen LogP contribution in [0.5, 0.6) is 0 Å². The van der Waals surface area contributed by atoms with Gasteiger partial charge in [-0.2, -0.15) is 0 Å². The molecule has 4 N–H and O–H groups in total. The first-order valence-corrected chi connectivity index (χ1v) is 5.40. The number of nitrogens with zero attached hydrogens (tertiary/aromatic N) is 1. The normalized spacial score (nSPS) is 42.2. The van der Waals surface area contributed by atoms with E-state index >= 15 is 0 Å². The highest BCUT2D eigenvalue weighted by molar-refractivity contribution is 4.95. The van der Waals surface area contributed by atoms with E-state index in [2.05, 4.69) is 11.8 Å². The van der Waals surface area contributed by atoms with Crippen LogP contribution in [0, 0.1) is 11.8 Å². The Hall–Kier alpha value is -0.120. The van der Waals surface area contributed by atoms with Gasteiger partial charge in [-0.05, 0) is 31.6 Å². The van der Waals surface area contributed by atoms with Gasteiger partial charge >= 0.3 is 0 Å². The fourth-order valence-corrected chi connectivity index (χ4v) is 2.96. The van der Waals surface area contributed by atoms with Crippen LogP contribution in [0.2, 0.25) is 0 Å². The molecule has 1 aliphatic carbocycles. The molecule has 2 aliphatic rings. The number of likely N-dealkylation sites (tertiary alicyclic amines) is 1. The molecule has 1 heterocycles. The van der Waals surface area contributed by atoms with Crippen molar-refractivity contribution in [2.45, 2.75) is 31.8 Å². The van der Waals surface area contributed by atoms with Crippen LogP contribution >= 0.6 is 0 Å². The molecule has 76 valence electrons. The van der Waals surface area contributed by atoms with Crippen LogP contribution in [0.3, 0.4) is 0 Å². The lowest BCUT2D eigenvalue weighted by atomic mass is 9.98. The maximum atomic E-state index is 6.06. The third-order valence-electron chi connectivity index (χ3n) is 3.53. The summed E-state index contributed by atoms with van der Waals surface area (Å²) >= 11 is 0. The Morgan fingerprint density at radius 1 is 1.38 bits per heavy atom. The Balaban J connectivity index is 1.87. The predicted molar refractivity (Wildman–Crippen MR) is 54.3 cm³/mol. The molecule has 1 saturated heterocycles. The minimum absolute atomic E-state index is 0.301. The summed E-state index contributed by atoms with van der Waals surface area (Å²) in [6, 6.07) is 0.762. The van der Waals surface area contributed by atoms with E-state index in [1.165, 1.54) is 25.9 Å². The summed E-state index contributed by atoms with van der Waals surface area (Å²) < 4.78 is 0.